The largest absolute Gasteiger partial charge is 0.372 e. The summed E-state index contributed by atoms with van der Waals surface area (Å²) in [6.07, 6.45) is 9.48. The Morgan fingerprint density at radius 3 is 2.41 bits per heavy atom. The number of ether oxygens (including phenoxy) is 1. The highest BCUT2D eigenvalue weighted by Gasteiger charge is 2.26. The molecule has 3 fully saturated rings. The monoisotopic (exact) mass is 373 g/mol. The van der Waals surface area contributed by atoms with Gasteiger partial charge in [-0.3, -0.25) is 9.80 Å². The van der Waals surface area contributed by atoms with Crippen molar-refractivity contribution in [3.63, 3.8) is 0 Å². The highest BCUT2D eigenvalue weighted by molar-refractivity contribution is 5.31. The molecule has 0 aromatic carbocycles. The molecule has 2 saturated heterocycles. The third-order valence-electron chi connectivity index (χ3n) is 6.29. The molecule has 1 aromatic rings. The van der Waals surface area contributed by atoms with Gasteiger partial charge in [-0.15, -0.1) is 0 Å². The van der Waals surface area contributed by atoms with Crippen LogP contribution in [0.5, 0.6) is 0 Å². The number of rotatable bonds is 4. The molecule has 0 radical (unpaired) electrons. The summed E-state index contributed by atoms with van der Waals surface area (Å²) in [4.78, 5) is 17.0. The van der Waals surface area contributed by atoms with Crippen LogP contribution < -0.4 is 4.90 Å². The standard InChI is InChI=1S/C21H35N5O/c1-17-14-26(15-18(2)27-17)21-22-9-8-19(23-21)16-24-10-12-25(13-11-24)20-6-4-3-5-7-20/h8-9,17-18,20H,3-7,10-16H2,1-2H3/t17-,18+. The van der Waals surface area contributed by atoms with Crippen molar-refractivity contribution in [3.8, 4) is 0 Å². The molecule has 2 atom stereocenters. The Labute approximate surface area is 163 Å². The van der Waals surface area contributed by atoms with Gasteiger partial charge in [0.05, 0.1) is 17.9 Å². The van der Waals surface area contributed by atoms with E-state index in [2.05, 4.69) is 39.6 Å². The summed E-state index contributed by atoms with van der Waals surface area (Å²) in [7, 11) is 0. The van der Waals surface area contributed by atoms with Crippen LogP contribution in [0.2, 0.25) is 0 Å². The van der Waals surface area contributed by atoms with Gasteiger partial charge in [0.2, 0.25) is 5.95 Å². The second kappa shape index (κ2) is 8.84. The smallest absolute Gasteiger partial charge is 0.225 e. The molecule has 0 spiro atoms. The third kappa shape index (κ3) is 4.98. The van der Waals surface area contributed by atoms with Crippen LogP contribution in [0, 0.1) is 0 Å². The molecule has 0 N–H and O–H groups in total. The van der Waals surface area contributed by atoms with Gasteiger partial charge in [-0.05, 0) is 32.8 Å². The van der Waals surface area contributed by atoms with Crippen molar-refractivity contribution >= 4 is 5.95 Å². The van der Waals surface area contributed by atoms with E-state index in [-0.39, 0.29) is 12.2 Å². The molecule has 0 amide bonds. The molecular weight excluding hydrogens is 338 g/mol. The molecular formula is C21H35N5O. The Kier molecular flexibility index (Phi) is 6.25. The fourth-order valence-electron chi connectivity index (χ4n) is 4.93. The number of piperazine rings is 1. The zero-order chi connectivity index (χ0) is 18.6. The van der Waals surface area contributed by atoms with Crippen molar-refractivity contribution in [2.75, 3.05) is 44.2 Å². The van der Waals surface area contributed by atoms with E-state index in [0.717, 1.165) is 50.4 Å². The predicted molar refractivity (Wildman–Crippen MR) is 108 cm³/mol. The number of hydrogen-bond donors (Lipinski definition) is 0. The predicted octanol–water partition coefficient (Wildman–Crippen LogP) is 2.54. The van der Waals surface area contributed by atoms with Crippen molar-refractivity contribution in [2.24, 2.45) is 0 Å². The van der Waals surface area contributed by atoms with Gasteiger partial charge in [-0.2, -0.15) is 0 Å². The second-order valence-corrected chi connectivity index (χ2v) is 8.61. The van der Waals surface area contributed by atoms with E-state index >= 15 is 0 Å². The topological polar surface area (TPSA) is 44.7 Å². The van der Waals surface area contributed by atoms with Crippen LogP contribution in [0.1, 0.15) is 51.6 Å². The van der Waals surface area contributed by atoms with E-state index in [9.17, 15) is 0 Å². The molecule has 150 valence electrons. The highest BCUT2D eigenvalue weighted by Crippen LogP contribution is 2.24. The Bertz CT molecular complexity index is 588. The molecule has 4 rings (SSSR count). The maximum Gasteiger partial charge on any atom is 0.225 e. The fourth-order valence-corrected chi connectivity index (χ4v) is 4.93. The molecule has 1 saturated carbocycles. The minimum absolute atomic E-state index is 0.230. The average Bonchev–Trinajstić information content (AvgIpc) is 2.69. The van der Waals surface area contributed by atoms with E-state index in [1.165, 1.54) is 45.2 Å². The summed E-state index contributed by atoms with van der Waals surface area (Å²) >= 11 is 0. The molecule has 1 aromatic heterocycles. The van der Waals surface area contributed by atoms with Crippen LogP contribution in [-0.4, -0.2) is 77.3 Å². The van der Waals surface area contributed by atoms with Gasteiger partial charge in [-0.25, -0.2) is 9.97 Å². The van der Waals surface area contributed by atoms with Gasteiger partial charge >= 0.3 is 0 Å². The minimum Gasteiger partial charge on any atom is -0.372 e. The summed E-state index contributed by atoms with van der Waals surface area (Å²) in [6, 6.07) is 2.92. The summed E-state index contributed by atoms with van der Waals surface area (Å²) in [6.45, 7) is 11.6. The molecule has 3 aliphatic rings. The number of aromatic nitrogens is 2. The summed E-state index contributed by atoms with van der Waals surface area (Å²) < 4.78 is 5.84. The lowest BCUT2D eigenvalue weighted by atomic mass is 9.94. The summed E-state index contributed by atoms with van der Waals surface area (Å²) in [5.41, 5.74) is 1.14. The van der Waals surface area contributed by atoms with Gasteiger partial charge in [0.25, 0.3) is 0 Å². The van der Waals surface area contributed by atoms with Crippen molar-refractivity contribution in [3.05, 3.63) is 18.0 Å². The first-order valence-electron chi connectivity index (χ1n) is 10.9. The Hall–Kier alpha value is -1.24. The van der Waals surface area contributed by atoms with E-state index < -0.39 is 0 Å². The molecule has 0 unspecified atom stereocenters. The lowest BCUT2D eigenvalue weighted by molar-refractivity contribution is -0.00574. The van der Waals surface area contributed by atoms with Gasteiger partial charge in [-0.1, -0.05) is 19.3 Å². The quantitative estimate of drug-likeness (QED) is 0.808. The van der Waals surface area contributed by atoms with Crippen LogP contribution in [-0.2, 0) is 11.3 Å². The lowest BCUT2D eigenvalue weighted by Gasteiger charge is -2.40. The Morgan fingerprint density at radius 2 is 1.70 bits per heavy atom. The van der Waals surface area contributed by atoms with E-state index in [1.807, 2.05) is 6.20 Å². The summed E-state index contributed by atoms with van der Waals surface area (Å²) in [5.74, 6) is 0.857. The van der Waals surface area contributed by atoms with Gasteiger partial charge in [0.15, 0.2) is 0 Å². The van der Waals surface area contributed by atoms with E-state index in [4.69, 9.17) is 9.72 Å². The van der Waals surface area contributed by atoms with Gasteiger partial charge in [0.1, 0.15) is 0 Å². The second-order valence-electron chi connectivity index (χ2n) is 8.61. The maximum absolute atomic E-state index is 5.84. The van der Waals surface area contributed by atoms with Crippen molar-refractivity contribution < 1.29 is 4.74 Å². The van der Waals surface area contributed by atoms with Crippen LogP contribution in [0.4, 0.5) is 5.95 Å². The van der Waals surface area contributed by atoms with Crippen molar-refractivity contribution in [1.29, 1.82) is 0 Å². The van der Waals surface area contributed by atoms with Crippen LogP contribution in [0.15, 0.2) is 12.3 Å². The zero-order valence-electron chi connectivity index (χ0n) is 17.0. The fraction of sp³-hybridized carbons (Fsp3) is 0.810. The Morgan fingerprint density at radius 1 is 1.00 bits per heavy atom. The third-order valence-corrected chi connectivity index (χ3v) is 6.29. The molecule has 3 heterocycles. The molecule has 1 aliphatic carbocycles. The van der Waals surface area contributed by atoms with Crippen LogP contribution in [0.3, 0.4) is 0 Å². The minimum atomic E-state index is 0.230. The van der Waals surface area contributed by atoms with Crippen LogP contribution >= 0.6 is 0 Å². The molecule has 6 nitrogen and oxygen atoms in total. The van der Waals surface area contributed by atoms with Gasteiger partial charge in [0, 0.05) is 58.1 Å². The molecule has 6 heteroatoms. The van der Waals surface area contributed by atoms with E-state index in [0.29, 0.717) is 0 Å². The number of anilines is 1. The lowest BCUT2D eigenvalue weighted by Crippen LogP contribution is -2.50. The number of nitrogens with zero attached hydrogens (tertiary/aromatic N) is 5. The first-order valence-corrected chi connectivity index (χ1v) is 10.9. The number of hydrogen-bond acceptors (Lipinski definition) is 6. The molecule has 27 heavy (non-hydrogen) atoms. The van der Waals surface area contributed by atoms with E-state index in [1.54, 1.807) is 0 Å². The van der Waals surface area contributed by atoms with Crippen LogP contribution in [0.25, 0.3) is 0 Å². The van der Waals surface area contributed by atoms with Crippen molar-refractivity contribution in [1.82, 2.24) is 19.8 Å². The van der Waals surface area contributed by atoms with Gasteiger partial charge < -0.3 is 9.64 Å². The maximum atomic E-state index is 5.84. The molecule has 2 aliphatic heterocycles. The average molecular weight is 374 g/mol. The summed E-state index contributed by atoms with van der Waals surface area (Å²) in [5, 5.41) is 0. The Balaban J connectivity index is 1.31. The normalized spacial score (nSPS) is 29.2. The van der Waals surface area contributed by atoms with Crippen molar-refractivity contribution in [2.45, 2.75) is 70.7 Å². The SMILES string of the molecule is C[C@@H]1CN(c2nccc(CN3CCN(C4CCCCC4)CC3)n2)C[C@H](C)O1. The first-order chi connectivity index (χ1) is 13.2. The zero-order valence-corrected chi connectivity index (χ0v) is 17.0. The number of morpholine rings is 1. The highest BCUT2D eigenvalue weighted by atomic mass is 16.5. The first kappa shape index (κ1) is 19.1. The molecule has 0 bridgehead atoms.